The van der Waals surface area contributed by atoms with Crippen LogP contribution in [0.4, 0.5) is 5.82 Å². The molecule has 3 heterocycles. The van der Waals surface area contributed by atoms with Crippen LogP contribution in [0, 0.1) is 0 Å². The van der Waals surface area contributed by atoms with E-state index in [-0.39, 0.29) is 17.5 Å². The van der Waals surface area contributed by atoms with Gasteiger partial charge >= 0.3 is 0 Å². The molecule has 1 unspecified atom stereocenters. The quantitative estimate of drug-likeness (QED) is 0.756. The summed E-state index contributed by atoms with van der Waals surface area (Å²) < 4.78 is 0. The fourth-order valence-electron chi connectivity index (χ4n) is 3.37. The predicted molar refractivity (Wildman–Crippen MR) is 92.7 cm³/mol. The van der Waals surface area contributed by atoms with Crippen molar-refractivity contribution in [2.24, 2.45) is 0 Å². The Labute approximate surface area is 145 Å². The number of carbonyl (C=O) groups excluding carboxylic acids is 1. The molecule has 1 saturated heterocycles. The second kappa shape index (κ2) is 6.70. The molecule has 8 heteroatoms. The Morgan fingerprint density at radius 2 is 2.08 bits per heavy atom. The van der Waals surface area contributed by atoms with Crippen LogP contribution in [0.25, 0.3) is 0 Å². The maximum atomic E-state index is 12.4. The highest BCUT2D eigenvalue weighted by Crippen LogP contribution is 2.38. The molecular weight excluding hydrogens is 320 g/mol. The van der Waals surface area contributed by atoms with Gasteiger partial charge in [-0.25, -0.2) is 5.10 Å². The molecular formula is C17H22N6O2. The maximum absolute atomic E-state index is 12.4. The van der Waals surface area contributed by atoms with Crippen molar-refractivity contribution in [1.82, 2.24) is 25.7 Å². The second-order valence-corrected chi connectivity index (χ2v) is 6.82. The lowest BCUT2D eigenvalue weighted by atomic mass is 10.0. The zero-order chi connectivity index (χ0) is 17.2. The molecule has 132 valence electrons. The minimum Gasteiger partial charge on any atom is -0.350 e. The molecule has 1 amide bonds. The first kappa shape index (κ1) is 15.9. The Balaban J connectivity index is 1.39. The third-order valence-electron chi connectivity index (χ3n) is 4.93. The van der Waals surface area contributed by atoms with Gasteiger partial charge in [-0.2, -0.15) is 10.2 Å². The summed E-state index contributed by atoms with van der Waals surface area (Å²) in [5.41, 5.74) is 1.30. The SMILES string of the molecule is O=C(NCC1CCCCN1c1ccc(=O)[nH]n1)c1cc(C2CC2)[nH]n1. The number of amides is 1. The van der Waals surface area contributed by atoms with Gasteiger partial charge < -0.3 is 10.2 Å². The van der Waals surface area contributed by atoms with E-state index >= 15 is 0 Å². The first-order valence-corrected chi connectivity index (χ1v) is 8.86. The number of nitrogens with one attached hydrogen (secondary N) is 3. The summed E-state index contributed by atoms with van der Waals surface area (Å²) in [7, 11) is 0. The predicted octanol–water partition coefficient (Wildman–Crippen LogP) is 1.16. The van der Waals surface area contributed by atoms with Gasteiger partial charge in [0.2, 0.25) is 0 Å². The van der Waals surface area contributed by atoms with Gasteiger partial charge in [0.05, 0.1) is 0 Å². The van der Waals surface area contributed by atoms with Crippen LogP contribution in [0.15, 0.2) is 23.0 Å². The minimum absolute atomic E-state index is 0.150. The Kier molecular flexibility index (Phi) is 4.25. The fourth-order valence-corrected chi connectivity index (χ4v) is 3.37. The molecule has 1 saturated carbocycles. The second-order valence-electron chi connectivity index (χ2n) is 6.82. The number of nitrogens with zero attached hydrogens (tertiary/aromatic N) is 3. The lowest BCUT2D eigenvalue weighted by Gasteiger charge is -2.36. The van der Waals surface area contributed by atoms with E-state index in [0.717, 1.165) is 37.3 Å². The fraction of sp³-hybridized carbons (Fsp3) is 0.529. The van der Waals surface area contributed by atoms with Gasteiger partial charge in [-0.05, 0) is 44.2 Å². The lowest BCUT2D eigenvalue weighted by molar-refractivity contribution is 0.0944. The van der Waals surface area contributed by atoms with Gasteiger partial charge in [0.15, 0.2) is 0 Å². The molecule has 4 rings (SSSR count). The molecule has 2 fully saturated rings. The number of hydrogen-bond acceptors (Lipinski definition) is 5. The highest BCUT2D eigenvalue weighted by molar-refractivity contribution is 5.92. The smallest absolute Gasteiger partial charge is 0.271 e. The summed E-state index contributed by atoms with van der Waals surface area (Å²) in [6.07, 6.45) is 5.53. The summed E-state index contributed by atoms with van der Waals surface area (Å²) in [6, 6.07) is 5.23. The number of piperidine rings is 1. The normalized spacial score (nSPS) is 20.5. The van der Waals surface area contributed by atoms with Crippen LogP contribution < -0.4 is 15.8 Å². The van der Waals surface area contributed by atoms with Crippen molar-refractivity contribution in [2.45, 2.75) is 44.1 Å². The number of anilines is 1. The number of aromatic nitrogens is 4. The minimum atomic E-state index is -0.212. The Morgan fingerprint density at radius 3 is 2.84 bits per heavy atom. The molecule has 2 aromatic rings. The van der Waals surface area contributed by atoms with Gasteiger partial charge in [-0.15, -0.1) is 0 Å². The first-order chi connectivity index (χ1) is 12.2. The third-order valence-corrected chi connectivity index (χ3v) is 4.93. The van der Waals surface area contributed by atoms with E-state index in [1.807, 2.05) is 6.07 Å². The molecule has 1 aliphatic carbocycles. The van der Waals surface area contributed by atoms with Crippen LogP contribution in [0.5, 0.6) is 0 Å². The Hall–Kier alpha value is -2.64. The number of carbonyl (C=O) groups is 1. The molecule has 2 aliphatic rings. The average molecular weight is 342 g/mol. The van der Waals surface area contributed by atoms with Gasteiger partial charge in [-0.3, -0.25) is 14.7 Å². The average Bonchev–Trinajstić information content (AvgIpc) is 3.37. The van der Waals surface area contributed by atoms with Crippen LogP contribution in [0.3, 0.4) is 0 Å². The van der Waals surface area contributed by atoms with Crippen LogP contribution in [0.1, 0.15) is 54.2 Å². The molecule has 1 atom stereocenters. The summed E-state index contributed by atoms with van der Waals surface area (Å²) in [6.45, 7) is 1.40. The van der Waals surface area contributed by atoms with E-state index < -0.39 is 0 Å². The Morgan fingerprint density at radius 1 is 1.20 bits per heavy atom. The molecule has 25 heavy (non-hydrogen) atoms. The summed E-state index contributed by atoms with van der Waals surface area (Å²) >= 11 is 0. The van der Waals surface area contributed by atoms with Gasteiger partial charge in [0, 0.05) is 36.8 Å². The molecule has 0 spiro atoms. The highest BCUT2D eigenvalue weighted by atomic mass is 16.2. The molecule has 3 N–H and O–H groups in total. The highest BCUT2D eigenvalue weighted by Gasteiger charge is 2.27. The van der Waals surface area contributed by atoms with Crippen molar-refractivity contribution in [3.63, 3.8) is 0 Å². The summed E-state index contributed by atoms with van der Waals surface area (Å²) in [4.78, 5) is 25.7. The largest absolute Gasteiger partial charge is 0.350 e. The zero-order valence-corrected chi connectivity index (χ0v) is 14.0. The molecule has 2 aromatic heterocycles. The van der Waals surface area contributed by atoms with E-state index in [9.17, 15) is 9.59 Å². The third kappa shape index (κ3) is 3.57. The van der Waals surface area contributed by atoms with Gasteiger partial charge in [0.1, 0.15) is 11.5 Å². The molecule has 8 nitrogen and oxygen atoms in total. The van der Waals surface area contributed by atoms with Crippen molar-refractivity contribution >= 4 is 11.7 Å². The Bertz CT molecular complexity index is 789. The topological polar surface area (TPSA) is 107 Å². The molecule has 0 bridgehead atoms. The van der Waals surface area contributed by atoms with Crippen molar-refractivity contribution in [3.8, 4) is 0 Å². The summed E-state index contributed by atoms with van der Waals surface area (Å²) in [5.74, 6) is 1.15. The van der Waals surface area contributed by atoms with E-state index in [1.54, 1.807) is 6.07 Å². The number of H-pyrrole nitrogens is 2. The molecule has 1 aliphatic heterocycles. The maximum Gasteiger partial charge on any atom is 0.271 e. The zero-order valence-electron chi connectivity index (χ0n) is 14.0. The van der Waals surface area contributed by atoms with Crippen molar-refractivity contribution in [3.05, 3.63) is 39.9 Å². The van der Waals surface area contributed by atoms with Crippen LogP contribution in [0.2, 0.25) is 0 Å². The van der Waals surface area contributed by atoms with Crippen LogP contribution in [-0.4, -0.2) is 45.4 Å². The number of hydrogen-bond donors (Lipinski definition) is 3. The van der Waals surface area contributed by atoms with Crippen molar-refractivity contribution in [1.29, 1.82) is 0 Å². The lowest BCUT2D eigenvalue weighted by Crippen LogP contribution is -2.47. The summed E-state index contributed by atoms with van der Waals surface area (Å²) in [5, 5.41) is 16.7. The van der Waals surface area contributed by atoms with Crippen LogP contribution in [-0.2, 0) is 0 Å². The van der Waals surface area contributed by atoms with Gasteiger partial charge in [0.25, 0.3) is 11.5 Å². The number of aromatic amines is 2. The van der Waals surface area contributed by atoms with Crippen molar-refractivity contribution in [2.75, 3.05) is 18.0 Å². The van der Waals surface area contributed by atoms with E-state index in [4.69, 9.17) is 0 Å². The molecule has 0 radical (unpaired) electrons. The van der Waals surface area contributed by atoms with Crippen molar-refractivity contribution < 1.29 is 4.79 Å². The van der Waals surface area contributed by atoms with E-state index in [1.165, 1.54) is 18.9 Å². The first-order valence-electron chi connectivity index (χ1n) is 8.86. The monoisotopic (exact) mass is 342 g/mol. The van der Waals surface area contributed by atoms with Crippen LogP contribution >= 0.6 is 0 Å². The molecule has 0 aromatic carbocycles. The standard InChI is InChI=1S/C17H22N6O2/c24-16-7-6-15(21-22-16)23-8-2-1-3-12(23)10-18-17(25)14-9-13(19-20-14)11-4-5-11/h6-7,9,11-12H,1-5,8,10H2,(H,18,25)(H,19,20)(H,22,24). The number of rotatable bonds is 5. The van der Waals surface area contributed by atoms with Gasteiger partial charge in [-0.1, -0.05) is 0 Å². The van der Waals surface area contributed by atoms with E-state index in [2.05, 4.69) is 30.6 Å². The van der Waals surface area contributed by atoms with E-state index in [0.29, 0.717) is 18.2 Å².